The van der Waals surface area contributed by atoms with E-state index in [1.807, 2.05) is 23.7 Å². The number of rotatable bonds is 9. The van der Waals surface area contributed by atoms with Gasteiger partial charge in [0.25, 0.3) is 0 Å². The lowest BCUT2D eigenvalue weighted by atomic mass is 10.2. The smallest absolute Gasteiger partial charge is 0.119 e. The number of hydrogen-bond donors (Lipinski definition) is 0. The Kier molecular flexibility index (Phi) is 6.88. The summed E-state index contributed by atoms with van der Waals surface area (Å²) in [4.78, 5) is 2.57. The molecular weight excluding hydrogens is 362 g/mol. The summed E-state index contributed by atoms with van der Waals surface area (Å²) in [5.74, 6) is 0.927. The molecule has 1 saturated carbocycles. The third kappa shape index (κ3) is 5.40. The van der Waals surface area contributed by atoms with E-state index in [9.17, 15) is 0 Å². The van der Waals surface area contributed by atoms with E-state index in [1.54, 1.807) is 0 Å². The van der Waals surface area contributed by atoms with Crippen molar-refractivity contribution in [3.8, 4) is 11.4 Å². The molecule has 29 heavy (non-hydrogen) atoms. The van der Waals surface area contributed by atoms with Crippen LogP contribution in [0.1, 0.15) is 63.3 Å². The van der Waals surface area contributed by atoms with Crippen molar-refractivity contribution < 1.29 is 9.47 Å². The molecule has 2 aromatic rings. The van der Waals surface area contributed by atoms with Crippen LogP contribution in [0.15, 0.2) is 30.3 Å². The molecule has 4 rings (SSSR count). The summed E-state index contributed by atoms with van der Waals surface area (Å²) in [5.41, 5.74) is 3.19. The molecule has 0 radical (unpaired) electrons. The van der Waals surface area contributed by atoms with Crippen molar-refractivity contribution in [1.82, 2.24) is 14.7 Å². The van der Waals surface area contributed by atoms with Crippen LogP contribution in [-0.2, 0) is 11.3 Å². The predicted octanol–water partition coefficient (Wildman–Crippen LogP) is 4.89. The van der Waals surface area contributed by atoms with Crippen LogP contribution in [-0.4, -0.2) is 46.5 Å². The van der Waals surface area contributed by atoms with Gasteiger partial charge in [-0.05, 0) is 82.8 Å². The first kappa shape index (κ1) is 20.4. The lowest BCUT2D eigenvalue weighted by Crippen LogP contribution is -2.28. The van der Waals surface area contributed by atoms with Crippen LogP contribution < -0.4 is 4.74 Å². The normalized spacial score (nSPS) is 20.6. The Morgan fingerprint density at radius 2 is 1.86 bits per heavy atom. The van der Waals surface area contributed by atoms with Crippen LogP contribution in [0.4, 0.5) is 0 Å². The highest BCUT2D eigenvalue weighted by Crippen LogP contribution is 2.24. The van der Waals surface area contributed by atoms with Crippen molar-refractivity contribution in [3.05, 3.63) is 41.7 Å². The molecule has 158 valence electrons. The van der Waals surface area contributed by atoms with Crippen molar-refractivity contribution in [2.75, 3.05) is 19.7 Å². The van der Waals surface area contributed by atoms with Crippen LogP contribution in [0.3, 0.4) is 0 Å². The zero-order valence-electron chi connectivity index (χ0n) is 18.0. The highest BCUT2D eigenvalue weighted by molar-refractivity contribution is 5.38. The molecule has 0 N–H and O–H groups in total. The second-order valence-corrected chi connectivity index (χ2v) is 8.63. The van der Waals surface area contributed by atoms with Gasteiger partial charge in [0.1, 0.15) is 5.75 Å². The van der Waals surface area contributed by atoms with E-state index in [-0.39, 0.29) is 0 Å². The largest absolute Gasteiger partial charge is 0.494 e. The first-order valence-electron chi connectivity index (χ1n) is 11.3. The van der Waals surface area contributed by atoms with Gasteiger partial charge in [-0.2, -0.15) is 5.10 Å². The number of nitrogens with zero attached hydrogens (tertiary/aromatic N) is 3. The van der Waals surface area contributed by atoms with E-state index in [2.05, 4.69) is 35.1 Å². The molecule has 5 heteroatoms. The van der Waals surface area contributed by atoms with Gasteiger partial charge in [-0.25, -0.2) is 4.68 Å². The van der Waals surface area contributed by atoms with Crippen molar-refractivity contribution in [1.29, 1.82) is 0 Å². The van der Waals surface area contributed by atoms with Gasteiger partial charge in [-0.3, -0.25) is 0 Å². The Bertz CT molecular complexity index is 765. The van der Waals surface area contributed by atoms with Crippen LogP contribution in [0.25, 0.3) is 5.69 Å². The van der Waals surface area contributed by atoms with Gasteiger partial charge in [0.05, 0.1) is 36.4 Å². The SMILES string of the molecule is Cc1cc(COC2CCCC2)n(-c2ccc(OCCCN3CCCC3C)cc2)n1. The summed E-state index contributed by atoms with van der Waals surface area (Å²) < 4.78 is 14.1. The standard InChI is InChI=1S/C24H35N3O2/c1-19-17-22(18-29-23-8-3-4-9-23)27(25-19)21-10-12-24(13-11-21)28-16-6-15-26-14-5-7-20(26)2/h10-13,17,20,23H,3-9,14-16,18H2,1-2H3. The first-order valence-corrected chi connectivity index (χ1v) is 11.3. The number of hydrogen-bond acceptors (Lipinski definition) is 4. The van der Waals surface area contributed by atoms with Crippen LogP contribution in [0.5, 0.6) is 5.75 Å². The fraction of sp³-hybridized carbons (Fsp3) is 0.625. The van der Waals surface area contributed by atoms with E-state index in [0.29, 0.717) is 12.7 Å². The van der Waals surface area contributed by atoms with E-state index in [0.717, 1.165) is 48.4 Å². The van der Waals surface area contributed by atoms with Gasteiger partial charge >= 0.3 is 0 Å². The van der Waals surface area contributed by atoms with Crippen molar-refractivity contribution in [2.45, 2.75) is 77.5 Å². The highest BCUT2D eigenvalue weighted by Gasteiger charge is 2.19. The maximum Gasteiger partial charge on any atom is 0.119 e. The average molecular weight is 398 g/mol. The van der Waals surface area contributed by atoms with Crippen LogP contribution in [0, 0.1) is 6.92 Å². The number of likely N-dealkylation sites (tertiary alicyclic amines) is 1. The Labute approximate surface area is 175 Å². The molecule has 1 aromatic carbocycles. The number of ether oxygens (including phenoxy) is 2. The Morgan fingerprint density at radius 3 is 2.59 bits per heavy atom. The second kappa shape index (κ2) is 9.77. The summed E-state index contributed by atoms with van der Waals surface area (Å²) in [6.45, 7) is 8.13. The van der Waals surface area contributed by atoms with E-state index in [4.69, 9.17) is 9.47 Å². The Morgan fingerprint density at radius 1 is 1.07 bits per heavy atom. The zero-order valence-corrected chi connectivity index (χ0v) is 18.0. The molecule has 2 fully saturated rings. The molecule has 1 aliphatic carbocycles. The van der Waals surface area contributed by atoms with Gasteiger partial charge in [-0.15, -0.1) is 0 Å². The van der Waals surface area contributed by atoms with E-state index in [1.165, 1.54) is 45.1 Å². The summed E-state index contributed by atoms with van der Waals surface area (Å²) >= 11 is 0. The predicted molar refractivity (Wildman–Crippen MR) is 116 cm³/mol. The average Bonchev–Trinajstić information content (AvgIpc) is 3.46. The monoisotopic (exact) mass is 397 g/mol. The highest BCUT2D eigenvalue weighted by atomic mass is 16.5. The zero-order chi connectivity index (χ0) is 20.1. The summed E-state index contributed by atoms with van der Waals surface area (Å²) in [6.07, 6.45) is 9.13. The molecule has 0 bridgehead atoms. The Balaban J connectivity index is 1.29. The molecule has 1 atom stereocenters. The number of aromatic nitrogens is 2. The van der Waals surface area contributed by atoms with Crippen molar-refractivity contribution in [2.24, 2.45) is 0 Å². The molecule has 0 amide bonds. The fourth-order valence-electron chi connectivity index (χ4n) is 4.60. The van der Waals surface area contributed by atoms with Crippen molar-refractivity contribution >= 4 is 0 Å². The van der Waals surface area contributed by atoms with Crippen LogP contribution >= 0.6 is 0 Å². The molecular formula is C24H35N3O2. The lowest BCUT2D eigenvalue weighted by Gasteiger charge is -2.20. The minimum Gasteiger partial charge on any atom is -0.494 e. The maximum absolute atomic E-state index is 6.11. The molecule has 2 aliphatic rings. The molecule has 0 spiro atoms. The minimum absolute atomic E-state index is 0.415. The third-order valence-electron chi connectivity index (χ3n) is 6.30. The topological polar surface area (TPSA) is 39.5 Å². The molecule has 1 aliphatic heterocycles. The van der Waals surface area contributed by atoms with Gasteiger partial charge < -0.3 is 14.4 Å². The second-order valence-electron chi connectivity index (χ2n) is 8.63. The van der Waals surface area contributed by atoms with Gasteiger partial charge in [0.15, 0.2) is 0 Å². The van der Waals surface area contributed by atoms with Crippen LogP contribution in [0.2, 0.25) is 0 Å². The minimum atomic E-state index is 0.415. The molecule has 5 nitrogen and oxygen atoms in total. The lowest BCUT2D eigenvalue weighted by molar-refractivity contribution is 0.0427. The fourth-order valence-corrected chi connectivity index (χ4v) is 4.60. The van der Waals surface area contributed by atoms with Crippen molar-refractivity contribution in [3.63, 3.8) is 0 Å². The number of benzene rings is 1. The van der Waals surface area contributed by atoms with Gasteiger partial charge in [0.2, 0.25) is 0 Å². The molecule has 1 unspecified atom stereocenters. The Hall–Kier alpha value is -1.85. The summed E-state index contributed by atoms with van der Waals surface area (Å²) in [6, 6.07) is 11.1. The van der Waals surface area contributed by atoms with Gasteiger partial charge in [-0.1, -0.05) is 12.8 Å². The summed E-state index contributed by atoms with van der Waals surface area (Å²) in [7, 11) is 0. The quantitative estimate of drug-likeness (QED) is 0.565. The molecule has 1 aromatic heterocycles. The third-order valence-corrected chi connectivity index (χ3v) is 6.30. The first-order chi connectivity index (χ1) is 14.2. The number of aryl methyl sites for hydroxylation is 1. The van der Waals surface area contributed by atoms with Gasteiger partial charge in [0, 0.05) is 12.6 Å². The summed E-state index contributed by atoms with van der Waals surface area (Å²) in [5, 5.41) is 4.67. The molecule has 2 heterocycles. The van der Waals surface area contributed by atoms with E-state index >= 15 is 0 Å². The molecule has 1 saturated heterocycles. The van der Waals surface area contributed by atoms with E-state index < -0.39 is 0 Å². The maximum atomic E-state index is 6.11.